The Labute approximate surface area is 155 Å². The molecule has 1 aromatic heterocycles. The van der Waals surface area contributed by atoms with Crippen molar-refractivity contribution in [2.24, 2.45) is 0 Å². The molecule has 134 valence electrons. The van der Waals surface area contributed by atoms with Crippen molar-refractivity contribution in [1.29, 1.82) is 0 Å². The van der Waals surface area contributed by atoms with E-state index in [0.29, 0.717) is 26.1 Å². The molecule has 4 nitrogen and oxygen atoms in total. The number of amides is 1. The molecule has 0 spiro atoms. The van der Waals surface area contributed by atoms with E-state index in [1.54, 1.807) is 17.0 Å². The summed E-state index contributed by atoms with van der Waals surface area (Å²) in [7, 11) is 0. The number of halogens is 2. The second kappa shape index (κ2) is 7.83. The number of nitrogens with zero attached hydrogens (tertiary/aromatic N) is 1. The predicted octanol–water partition coefficient (Wildman–Crippen LogP) is 3.18. The molecule has 1 aliphatic heterocycles. The molecule has 1 atom stereocenters. The molecular weight excluding hydrogens is 363 g/mol. The summed E-state index contributed by atoms with van der Waals surface area (Å²) in [6, 6.07) is 9.83. The fourth-order valence-electron chi connectivity index (χ4n) is 3.03. The molecule has 0 radical (unpaired) electrons. The molecule has 0 saturated carbocycles. The van der Waals surface area contributed by atoms with Gasteiger partial charge in [0.1, 0.15) is 5.82 Å². The van der Waals surface area contributed by atoms with Crippen LogP contribution in [0, 0.1) is 5.82 Å². The van der Waals surface area contributed by atoms with Gasteiger partial charge in [-0.15, -0.1) is 11.3 Å². The summed E-state index contributed by atoms with van der Waals surface area (Å²) in [5.41, 5.74) is -0.556. The van der Waals surface area contributed by atoms with Crippen LogP contribution < -0.4 is 5.32 Å². The quantitative estimate of drug-likeness (QED) is 0.806. The maximum absolute atomic E-state index is 13.0. The molecule has 1 fully saturated rings. The van der Waals surface area contributed by atoms with Gasteiger partial charge < -0.3 is 15.3 Å². The predicted molar refractivity (Wildman–Crippen MR) is 97.0 cm³/mol. The van der Waals surface area contributed by atoms with E-state index in [1.165, 1.54) is 23.5 Å². The maximum Gasteiger partial charge on any atom is 0.256 e. The van der Waals surface area contributed by atoms with Crippen molar-refractivity contribution in [2.45, 2.75) is 31.5 Å². The van der Waals surface area contributed by atoms with E-state index in [0.717, 1.165) is 21.2 Å². The number of benzene rings is 1. The van der Waals surface area contributed by atoms with E-state index in [1.807, 2.05) is 12.1 Å². The van der Waals surface area contributed by atoms with E-state index < -0.39 is 5.60 Å². The molecule has 2 heterocycles. The maximum atomic E-state index is 13.0. The van der Waals surface area contributed by atoms with Crippen LogP contribution in [-0.4, -0.2) is 34.6 Å². The summed E-state index contributed by atoms with van der Waals surface area (Å²) < 4.78 is 13.7. The van der Waals surface area contributed by atoms with Gasteiger partial charge in [-0.1, -0.05) is 23.7 Å². The highest BCUT2D eigenvalue weighted by Gasteiger charge is 2.41. The number of carbonyl (C=O) groups is 1. The molecule has 0 unspecified atom stereocenters. The second-order valence-corrected chi connectivity index (χ2v) is 8.10. The fourth-order valence-corrected chi connectivity index (χ4v) is 4.09. The van der Waals surface area contributed by atoms with Crippen molar-refractivity contribution >= 4 is 28.8 Å². The number of thiophene rings is 1. The van der Waals surface area contributed by atoms with Gasteiger partial charge in [0, 0.05) is 31.1 Å². The Bertz CT molecular complexity index is 737. The first kappa shape index (κ1) is 18.3. The third-order valence-electron chi connectivity index (χ3n) is 4.34. The molecular formula is C18H20ClFN2O2S. The molecule has 2 N–H and O–H groups in total. The number of carbonyl (C=O) groups excluding carboxylic acids is 1. The Kier molecular flexibility index (Phi) is 5.74. The van der Waals surface area contributed by atoms with E-state index in [-0.39, 0.29) is 18.3 Å². The topological polar surface area (TPSA) is 52.6 Å². The number of hydrogen-bond acceptors (Lipinski definition) is 4. The highest BCUT2D eigenvalue weighted by molar-refractivity contribution is 7.16. The third kappa shape index (κ3) is 4.58. The molecule has 0 aliphatic carbocycles. The highest BCUT2D eigenvalue weighted by Crippen LogP contribution is 2.25. The van der Waals surface area contributed by atoms with Crippen LogP contribution in [0.1, 0.15) is 23.3 Å². The van der Waals surface area contributed by atoms with Gasteiger partial charge in [-0.25, -0.2) is 4.39 Å². The van der Waals surface area contributed by atoms with Gasteiger partial charge in [0.15, 0.2) is 5.60 Å². The number of piperidine rings is 1. The Morgan fingerprint density at radius 2 is 2.04 bits per heavy atom. The van der Waals surface area contributed by atoms with Crippen LogP contribution in [0.3, 0.4) is 0 Å². The van der Waals surface area contributed by atoms with Crippen molar-refractivity contribution in [3.05, 3.63) is 57.0 Å². The molecule has 7 heteroatoms. The minimum Gasteiger partial charge on any atom is -0.379 e. The Morgan fingerprint density at radius 3 is 2.72 bits per heavy atom. The van der Waals surface area contributed by atoms with Crippen molar-refractivity contribution in [3.8, 4) is 0 Å². The molecule has 1 aromatic carbocycles. The van der Waals surface area contributed by atoms with Crippen molar-refractivity contribution < 1.29 is 14.3 Å². The number of rotatable bonds is 6. The first-order valence-electron chi connectivity index (χ1n) is 8.17. The molecule has 25 heavy (non-hydrogen) atoms. The van der Waals surface area contributed by atoms with Crippen LogP contribution in [0.2, 0.25) is 4.34 Å². The Balaban J connectivity index is 1.58. The standard InChI is InChI=1S/C18H20ClFN2O2S/c19-16-7-6-15(25-16)10-21-12-18(24)8-1-9-22(17(18)23)11-13-2-4-14(20)5-3-13/h2-7,21,24H,1,8-12H2/t18-/m0/s1. The van der Waals surface area contributed by atoms with Gasteiger partial charge >= 0.3 is 0 Å². The zero-order valence-corrected chi connectivity index (χ0v) is 15.2. The first-order valence-corrected chi connectivity index (χ1v) is 9.37. The van der Waals surface area contributed by atoms with Gasteiger partial charge in [0.25, 0.3) is 5.91 Å². The lowest BCUT2D eigenvalue weighted by Gasteiger charge is -2.38. The number of hydrogen-bond donors (Lipinski definition) is 2. The molecule has 0 bridgehead atoms. The van der Waals surface area contributed by atoms with Crippen LogP contribution in [0.15, 0.2) is 36.4 Å². The monoisotopic (exact) mass is 382 g/mol. The van der Waals surface area contributed by atoms with Crippen LogP contribution in [0.25, 0.3) is 0 Å². The number of likely N-dealkylation sites (tertiary alicyclic amines) is 1. The van der Waals surface area contributed by atoms with E-state index in [2.05, 4.69) is 5.32 Å². The number of aliphatic hydroxyl groups is 1. The minimum atomic E-state index is -1.40. The minimum absolute atomic E-state index is 0.196. The largest absolute Gasteiger partial charge is 0.379 e. The lowest BCUT2D eigenvalue weighted by atomic mass is 9.91. The van der Waals surface area contributed by atoms with Crippen LogP contribution in [0.5, 0.6) is 0 Å². The van der Waals surface area contributed by atoms with E-state index in [4.69, 9.17) is 11.6 Å². The Hall–Kier alpha value is -1.47. The second-order valence-electron chi connectivity index (χ2n) is 6.30. The molecule has 1 aliphatic rings. The van der Waals surface area contributed by atoms with Gasteiger partial charge in [-0.3, -0.25) is 4.79 Å². The third-order valence-corrected chi connectivity index (χ3v) is 5.57. The molecule has 1 saturated heterocycles. The SMILES string of the molecule is O=C1N(Cc2ccc(F)cc2)CCC[C@]1(O)CNCc1ccc(Cl)s1. The van der Waals surface area contributed by atoms with Crippen LogP contribution in [0.4, 0.5) is 4.39 Å². The van der Waals surface area contributed by atoms with Crippen molar-refractivity contribution in [2.75, 3.05) is 13.1 Å². The number of nitrogens with one attached hydrogen (secondary N) is 1. The van der Waals surface area contributed by atoms with E-state index >= 15 is 0 Å². The highest BCUT2D eigenvalue weighted by atomic mass is 35.5. The molecule has 1 amide bonds. The smallest absolute Gasteiger partial charge is 0.256 e. The van der Waals surface area contributed by atoms with Gasteiger partial charge in [-0.05, 0) is 42.7 Å². The van der Waals surface area contributed by atoms with Crippen LogP contribution in [-0.2, 0) is 17.9 Å². The van der Waals surface area contributed by atoms with Gasteiger partial charge in [-0.2, -0.15) is 0 Å². The zero-order chi connectivity index (χ0) is 17.9. The van der Waals surface area contributed by atoms with Crippen LogP contribution >= 0.6 is 22.9 Å². The molecule has 2 aromatic rings. The lowest BCUT2D eigenvalue weighted by molar-refractivity contribution is -0.157. The van der Waals surface area contributed by atoms with Crippen molar-refractivity contribution in [1.82, 2.24) is 10.2 Å². The Morgan fingerprint density at radius 1 is 1.28 bits per heavy atom. The van der Waals surface area contributed by atoms with E-state index in [9.17, 15) is 14.3 Å². The van der Waals surface area contributed by atoms with Crippen molar-refractivity contribution in [3.63, 3.8) is 0 Å². The van der Waals surface area contributed by atoms with Gasteiger partial charge in [0.2, 0.25) is 0 Å². The summed E-state index contributed by atoms with van der Waals surface area (Å²) >= 11 is 7.37. The summed E-state index contributed by atoms with van der Waals surface area (Å²) in [5, 5.41) is 13.9. The zero-order valence-electron chi connectivity index (χ0n) is 13.7. The normalized spacial score (nSPS) is 20.9. The summed E-state index contributed by atoms with van der Waals surface area (Å²) in [6.45, 7) is 1.73. The summed E-state index contributed by atoms with van der Waals surface area (Å²) in [5.74, 6) is -0.581. The van der Waals surface area contributed by atoms with Gasteiger partial charge in [0.05, 0.1) is 4.34 Å². The average Bonchev–Trinajstić information content (AvgIpc) is 2.99. The molecule has 3 rings (SSSR count). The summed E-state index contributed by atoms with van der Waals surface area (Å²) in [6.07, 6.45) is 1.17. The summed E-state index contributed by atoms with van der Waals surface area (Å²) in [4.78, 5) is 15.4. The fraction of sp³-hybridized carbons (Fsp3) is 0.389. The average molecular weight is 383 g/mol. The lowest BCUT2D eigenvalue weighted by Crippen LogP contribution is -2.57. The first-order chi connectivity index (χ1) is 12.0.